The summed E-state index contributed by atoms with van der Waals surface area (Å²) >= 11 is 6.20. The van der Waals surface area contributed by atoms with Crippen LogP contribution >= 0.6 is 31.9 Å². The minimum atomic E-state index is -1.05. The molecule has 0 radical (unpaired) electrons. The number of Topliss-reactive ketones (excluding diaryl/α,β-unsaturated/α-hetero) is 2. The number of nitrogens with one attached hydrogen (secondary N) is 2. The Labute approximate surface area is 215 Å². The third-order valence-corrected chi connectivity index (χ3v) is 7.06. The first kappa shape index (κ1) is 23.4. The molecule has 4 N–H and O–H groups in total. The van der Waals surface area contributed by atoms with Crippen LogP contribution in [0.25, 0.3) is 33.0 Å². The van der Waals surface area contributed by atoms with Crippen LogP contribution in [-0.4, -0.2) is 41.6 Å². The monoisotopic (exact) mass is 616 g/mol. The number of nitro benzene ring substituents is 2. The van der Waals surface area contributed by atoms with Crippen LogP contribution in [0.2, 0.25) is 0 Å². The van der Waals surface area contributed by atoms with Crippen LogP contribution in [0.3, 0.4) is 0 Å². The second-order valence-electron chi connectivity index (χ2n) is 7.72. The number of aliphatic hydroxyl groups excluding tert-OH is 2. The molecule has 0 saturated heterocycles. The van der Waals surface area contributed by atoms with Crippen molar-refractivity contribution in [2.75, 3.05) is 0 Å². The summed E-state index contributed by atoms with van der Waals surface area (Å²) in [5.74, 6) is -3.96. The van der Waals surface area contributed by atoms with E-state index in [2.05, 4.69) is 41.8 Å². The molecule has 1 aliphatic rings. The molecule has 2 heterocycles. The fourth-order valence-corrected chi connectivity index (χ4v) is 5.11. The standard InChI is InChI=1S/C22H10Br2N4O8/c23-11-1-7-9(5-25-13(7)3-15(11)27(33)34)17-19(29)21(31)18(22(32)20(17)30)10-6-26-14-4-16(28(35)36)12(24)2-8(10)14/h1-6,25-26,29,32H. The SMILES string of the molecule is O=C1C(O)=C(c2c[nH]c3cc([N+](=O)[O-])c(Br)cc23)C(=O)C(O)=C1c1c[nH]c2cc([N+](=O)[O-])c(Br)cc12. The fraction of sp³-hybridized carbons (Fsp3) is 0. The van der Waals surface area contributed by atoms with E-state index in [4.69, 9.17) is 0 Å². The van der Waals surface area contributed by atoms with Crippen molar-refractivity contribution in [2.24, 2.45) is 0 Å². The number of carbonyl (C=O) groups is 2. The lowest BCUT2D eigenvalue weighted by Crippen LogP contribution is -2.22. The first-order chi connectivity index (χ1) is 17.0. The highest BCUT2D eigenvalue weighted by molar-refractivity contribution is 9.11. The van der Waals surface area contributed by atoms with Crippen molar-refractivity contribution in [1.29, 1.82) is 0 Å². The summed E-state index contributed by atoms with van der Waals surface area (Å²) in [5.41, 5.74) is -0.809. The first-order valence-electron chi connectivity index (χ1n) is 9.88. The lowest BCUT2D eigenvalue weighted by atomic mass is 9.86. The number of nitro groups is 2. The van der Waals surface area contributed by atoms with Gasteiger partial charge in [-0.2, -0.15) is 0 Å². The Balaban J connectivity index is 1.66. The molecule has 14 heteroatoms. The third kappa shape index (κ3) is 3.33. The zero-order valence-electron chi connectivity index (χ0n) is 17.5. The van der Waals surface area contributed by atoms with Crippen LogP contribution in [0.4, 0.5) is 11.4 Å². The number of nitrogens with zero attached hydrogens (tertiary/aromatic N) is 2. The van der Waals surface area contributed by atoms with Crippen LogP contribution in [0.5, 0.6) is 0 Å². The summed E-state index contributed by atoms with van der Waals surface area (Å²) in [4.78, 5) is 53.2. The van der Waals surface area contributed by atoms with E-state index < -0.39 is 44.1 Å². The number of fused-ring (bicyclic) bond motifs is 2. The molecule has 2 aromatic heterocycles. The van der Waals surface area contributed by atoms with Crippen LogP contribution in [-0.2, 0) is 9.59 Å². The lowest BCUT2D eigenvalue weighted by Gasteiger charge is -2.17. The average Bonchev–Trinajstić information content (AvgIpc) is 3.40. The smallest absolute Gasteiger partial charge is 0.285 e. The predicted octanol–water partition coefficient (Wildman–Crippen LogP) is 5.38. The molecule has 0 unspecified atom stereocenters. The zero-order valence-corrected chi connectivity index (χ0v) is 20.6. The molecule has 4 aromatic rings. The van der Waals surface area contributed by atoms with Crippen LogP contribution in [0, 0.1) is 20.2 Å². The number of aromatic nitrogens is 2. The van der Waals surface area contributed by atoms with Gasteiger partial charge in [-0.15, -0.1) is 0 Å². The van der Waals surface area contributed by atoms with Crippen LogP contribution in [0.1, 0.15) is 11.1 Å². The number of aromatic amines is 2. The largest absolute Gasteiger partial charge is 0.504 e. The van der Waals surface area contributed by atoms with Gasteiger partial charge >= 0.3 is 0 Å². The Morgan fingerprint density at radius 3 is 1.39 bits per heavy atom. The van der Waals surface area contributed by atoms with E-state index in [9.17, 15) is 40.0 Å². The predicted molar refractivity (Wildman–Crippen MR) is 134 cm³/mol. The zero-order chi connectivity index (χ0) is 26.0. The summed E-state index contributed by atoms with van der Waals surface area (Å²) < 4.78 is 0.212. The highest BCUT2D eigenvalue weighted by atomic mass is 79.9. The maximum absolute atomic E-state index is 13.2. The first-order valence-corrected chi connectivity index (χ1v) is 11.5. The van der Waals surface area contributed by atoms with Crippen LogP contribution < -0.4 is 0 Å². The van der Waals surface area contributed by atoms with E-state index in [1.807, 2.05) is 0 Å². The summed E-state index contributed by atoms with van der Waals surface area (Å²) in [6, 6.07) is 5.16. The normalized spacial score (nSPS) is 14.4. The molecule has 180 valence electrons. The number of ketones is 2. The quantitative estimate of drug-likeness (QED) is 0.133. The molecule has 0 saturated carbocycles. The molecule has 0 spiro atoms. The van der Waals surface area contributed by atoms with Gasteiger partial charge in [0.1, 0.15) is 0 Å². The number of hydrogen-bond donors (Lipinski definition) is 4. The Hall–Kier alpha value is -4.30. The number of benzene rings is 2. The summed E-state index contributed by atoms with van der Waals surface area (Å²) in [5, 5.41) is 44.6. The minimum absolute atomic E-state index is 0.0549. The summed E-state index contributed by atoms with van der Waals surface area (Å²) in [6.07, 6.45) is 2.58. The van der Waals surface area contributed by atoms with Crippen molar-refractivity contribution in [2.45, 2.75) is 0 Å². The minimum Gasteiger partial charge on any atom is -0.504 e. The lowest BCUT2D eigenvalue weighted by molar-refractivity contribution is -0.385. The van der Waals surface area contributed by atoms with Crippen molar-refractivity contribution in [1.82, 2.24) is 9.97 Å². The number of H-pyrrole nitrogens is 2. The van der Waals surface area contributed by atoms with Gasteiger partial charge < -0.3 is 20.2 Å². The van der Waals surface area contributed by atoms with Crippen molar-refractivity contribution < 1.29 is 29.6 Å². The van der Waals surface area contributed by atoms with Gasteiger partial charge in [-0.25, -0.2) is 0 Å². The van der Waals surface area contributed by atoms with Gasteiger partial charge in [-0.1, -0.05) is 0 Å². The molecular formula is C22H10Br2N4O8. The van der Waals surface area contributed by atoms with E-state index in [1.54, 1.807) is 0 Å². The fourth-order valence-electron chi connectivity index (χ4n) is 4.14. The van der Waals surface area contributed by atoms with Crippen LogP contribution in [0.15, 0.2) is 57.1 Å². The Morgan fingerprint density at radius 2 is 1.06 bits per heavy atom. The molecule has 36 heavy (non-hydrogen) atoms. The molecule has 0 amide bonds. The van der Waals surface area contributed by atoms with Gasteiger partial charge in [-0.3, -0.25) is 29.8 Å². The Bertz CT molecular complexity index is 1650. The second-order valence-corrected chi connectivity index (χ2v) is 9.43. The number of hydrogen-bond acceptors (Lipinski definition) is 8. The molecule has 0 atom stereocenters. The second kappa shape index (κ2) is 8.13. The molecule has 2 aromatic carbocycles. The average molecular weight is 618 g/mol. The summed E-state index contributed by atoms with van der Waals surface area (Å²) in [7, 11) is 0. The van der Waals surface area contributed by atoms with E-state index in [1.165, 1.54) is 36.7 Å². The maximum atomic E-state index is 13.2. The van der Waals surface area contributed by atoms with E-state index >= 15 is 0 Å². The van der Waals surface area contributed by atoms with Gasteiger partial charge in [0, 0.05) is 46.4 Å². The maximum Gasteiger partial charge on any atom is 0.285 e. The van der Waals surface area contributed by atoms with E-state index in [0.717, 1.165) is 0 Å². The number of allylic oxidation sites excluding steroid dienone is 2. The highest BCUT2D eigenvalue weighted by Crippen LogP contribution is 2.41. The number of halogens is 2. The molecule has 0 bridgehead atoms. The van der Waals surface area contributed by atoms with Crippen molar-refractivity contribution >= 4 is 87.8 Å². The Kier molecular flexibility index (Phi) is 5.30. The van der Waals surface area contributed by atoms with Gasteiger partial charge in [0.2, 0.25) is 11.6 Å². The van der Waals surface area contributed by atoms with Crippen molar-refractivity contribution in [3.8, 4) is 0 Å². The van der Waals surface area contributed by atoms with Gasteiger partial charge in [-0.05, 0) is 44.0 Å². The number of aliphatic hydroxyl groups is 2. The molecule has 0 aliphatic heterocycles. The van der Waals surface area contributed by atoms with Gasteiger partial charge in [0.25, 0.3) is 11.4 Å². The van der Waals surface area contributed by atoms with Crippen molar-refractivity contribution in [3.63, 3.8) is 0 Å². The molecular weight excluding hydrogens is 608 g/mol. The molecule has 12 nitrogen and oxygen atoms in total. The summed E-state index contributed by atoms with van der Waals surface area (Å²) in [6.45, 7) is 0. The third-order valence-electron chi connectivity index (χ3n) is 5.79. The number of rotatable bonds is 4. The molecule has 0 fully saturated rings. The van der Waals surface area contributed by atoms with Gasteiger partial charge in [0.15, 0.2) is 11.5 Å². The topological polar surface area (TPSA) is 192 Å². The highest BCUT2D eigenvalue weighted by Gasteiger charge is 2.38. The molecule has 1 aliphatic carbocycles. The Morgan fingerprint density at radius 1 is 0.694 bits per heavy atom. The molecule has 5 rings (SSSR count). The van der Waals surface area contributed by atoms with E-state index in [-0.39, 0.29) is 53.3 Å². The van der Waals surface area contributed by atoms with Crippen molar-refractivity contribution in [3.05, 3.63) is 88.5 Å². The van der Waals surface area contributed by atoms with Gasteiger partial charge in [0.05, 0.1) is 41.0 Å². The number of carbonyl (C=O) groups excluding carboxylic acids is 2. The van der Waals surface area contributed by atoms with E-state index in [0.29, 0.717) is 0 Å².